The van der Waals surface area contributed by atoms with Gasteiger partial charge in [0, 0.05) is 31.7 Å². The van der Waals surface area contributed by atoms with Crippen molar-refractivity contribution in [3.63, 3.8) is 0 Å². The third-order valence-corrected chi connectivity index (χ3v) is 7.73. The number of hydrogen-bond acceptors (Lipinski definition) is 4. The van der Waals surface area contributed by atoms with Gasteiger partial charge in [0.15, 0.2) is 5.58 Å². The van der Waals surface area contributed by atoms with Crippen LogP contribution in [0.5, 0.6) is 0 Å². The molecule has 0 saturated carbocycles. The molecule has 0 N–H and O–H groups in total. The number of rotatable bonds is 1. The zero-order valence-electron chi connectivity index (χ0n) is 16.9. The lowest BCUT2D eigenvalue weighted by Crippen LogP contribution is -2.41. The molecule has 1 aliphatic heterocycles. The van der Waals surface area contributed by atoms with Gasteiger partial charge in [-0.2, -0.15) is 0 Å². The molecule has 0 atom stereocenters. The van der Waals surface area contributed by atoms with Crippen molar-refractivity contribution < 1.29 is 13.7 Å². The molecule has 0 spiro atoms. The second kappa shape index (κ2) is 5.63. The molecule has 3 aromatic carbocycles. The summed E-state index contributed by atoms with van der Waals surface area (Å²) in [6, 6.07) is 19.2. The maximum Gasteiger partial charge on any atom is 0.498 e. The van der Waals surface area contributed by atoms with Crippen LogP contribution in [0.1, 0.15) is 27.7 Å². The molecule has 1 aliphatic rings. The summed E-state index contributed by atoms with van der Waals surface area (Å²) in [5, 5.41) is 4.76. The Morgan fingerprint density at radius 1 is 0.690 bits per heavy atom. The fourth-order valence-corrected chi connectivity index (χ4v) is 5.40. The first kappa shape index (κ1) is 17.5. The predicted molar refractivity (Wildman–Crippen MR) is 122 cm³/mol. The molecular weight excluding hydrogens is 379 g/mol. The van der Waals surface area contributed by atoms with Crippen molar-refractivity contribution in [2.75, 3.05) is 0 Å². The number of thiophene rings is 1. The number of para-hydroxylation sites is 1. The zero-order chi connectivity index (χ0) is 20.0. The Kier molecular flexibility index (Phi) is 3.40. The maximum atomic E-state index is 6.53. The van der Waals surface area contributed by atoms with E-state index >= 15 is 0 Å². The Morgan fingerprint density at radius 3 is 2.14 bits per heavy atom. The maximum absolute atomic E-state index is 6.53. The minimum absolute atomic E-state index is 0.384. The van der Waals surface area contributed by atoms with Crippen molar-refractivity contribution in [2.24, 2.45) is 0 Å². The first-order chi connectivity index (χ1) is 13.9. The highest BCUT2D eigenvalue weighted by molar-refractivity contribution is 7.26. The van der Waals surface area contributed by atoms with Crippen molar-refractivity contribution in [3.8, 4) is 0 Å². The topological polar surface area (TPSA) is 31.6 Å². The highest BCUT2D eigenvalue weighted by Gasteiger charge is 2.52. The monoisotopic (exact) mass is 400 g/mol. The lowest BCUT2D eigenvalue weighted by Gasteiger charge is -2.32. The molecule has 6 rings (SSSR count). The molecule has 3 nitrogen and oxygen atoms in total. The van der Waals surface area contributed by atoms with Crippen LogP contribution in [0, 0.1) is 0 Å². The van der Waals surface area contributed by atoms with Crippen LogP contribution in [0.3, 0.4) is 0 Å². The normalized spacial score (nSPS) is 18.6. The smallest absolute Gasteiger partial charge is 0.455 e. The van der Waals surface area contributed by atoms with Gasteiger partial charge in [-0.05, 0) is 39.8 Å². The summed E-state index contributed by atoms with van der Waals surface area (Å²) >= 11 is 1.79. The van der Waals surface area contributed by atoms with Crippen LogP contribution in [0.25, 0.3) is 42.1 Å². The van der Waals surface area contributed by atoms with Crippen LogP contribution in [0.15, 0.2) is 59.0 Å². The van der Waals surface area contributed by atoms with Crippen molar-refractivity contribution in [1.82, 2.24) is 0 Å². The lowest BCUT2D eigenvalue weighted by molar-refractivity contribution is 0.00578. The Bertz CT molecular complexity index is 1410. The van der Waals surface area contributed by atoms with E-state index in [4.69, 9.17) is 13.7 Å². The van der Waals surface area contributed by atoms with Gasteiger partial charge in [-0.15, -0.1) is 11.3 Å². The fourth-order valence-electron chi connectivity index (χ4n) is 4.22. The van der Waals surface area contributed by atoms with E-state index in [9.17, 15) is 0 Å². The zero-order valence-corrected chi connectivity index (χ0v) is 17.7. The highest BCUT2D eigenvalue weighted by Crippen LogP contribution is 2.42. The molecule has 2 aromatic heterocycles. The highest BCUT2D eigenvalue weighted by atomic mass is 32.1. The van der Waals surface area contributed by atoms with Gasteiger partial charge in [-0.25, -0.2) is 0 Å². The molecule has 5 aromatic rings. The summed E-state index contributed by atoms with van der Waals surface area (Å²) in [4.78, 5) is 0. The average molecular weight is 400 g/mol. The predicted octanol–water partition coefficient (Wildman–Crippen LogP) is 6.25. The lowest BCUT2D eigenvalue weighted by atomic mass is 9.78. The van der Waals surface area contributed by atoms with E-state index in [0.717, 1.165) is 27.4 Å². The van der Waals surface area contributed by atoms with Crippen LogP contribution in [-0.4, -0.2) is 18.3 Å². The van der Waals surface area contributed by atoms with Crippen LogP contribution in [0.4, 0.5) is 0 Å². The van der Waals surface area contributed by atoms with Crippen LogP contribution < -0.4 is 5.46 Å². The van der Waals surface area contributed by atoms with Crippen LogP contribution >= 0.6 is 11.3 Å². The molecule has 1 fully saturated rings. The van der Waals surface area contributed by atoms with Gasteiger partial charge in [0.1, 0.15) is 5.58 Å². The van der Waals surface area contributed by atoms with E-state index < -0.39 is 7.12 Å². The molecule has 0 aliphatic carbocycles. The first-order valence-electron chi connectivity index (χ1n) is 9.97. The van der Waals surface area contributed by atoms with Crippen molar-refractivity contribution >= 4 is 66.0 Å². The molecule has 0 radical (unpaired) electrons. The summed E-state index contributed by atoms with van der Waals surface area (Å²) < 4.78 is 21.6. The quantitative estimate of drug-likeness (QED) is 0.312. The van der Waals surface area contributed by atoms with Gasteiger partial charge in [0.25, 0.3) is 0 Å². The molecular formula is C24H21BO3S. The Balaban J connectivity index is 1.63. The number of benzene rings is 3. The summed E-state index contributed by atoms with van der Waals surface area (Å²) in [6.45, 7) is 8.30. The number of furan rings is 1. The third-order valence-electron chi connectivity index (χ3n) is 6.55. The molecule has 0 unspecified atom stereocenters. The summed E-state index contributed by atoms with van der Waals surface area (Å²) in [5.74, 6) is 0. The number of fused-ring (bicyclic) bond motifs is 7. The van der Waals surface area contributed by atoms with Gasteiger partial charge in [-0.1, -0.05) is 42.5 Å². The van der Waals surface area contributed by atoms with E-state index in [1.807, 2.05) is 0 Å². The summed E-state index contributed by atoms with van der Waals surface area (Å²) in [7, 11) is -0.442. The Labute approximate surface area is 173 Å². The van der Waals surface area contributed by atoms with E-state index in [2.05, 4.69) is 82.3 Å². The van der Waals surface area contributed by atoms with E-state index in [1.54, 1.807) is 11.3 Å². The van der Waals surface area contributed by atoms with Crippen LogP contribution in [0.2, 0.25) is 0 Å². The summed E-state index contributed by atoms with van der Waals surface area (Å²) in [6.07, 6.45) is 0. The minimum atomic E-state index is -0.442. The SMILES string of the molecule is CC1(C)OB(c2cccc3c2oc2c3ccc3c4ccccc4sc32)OC1(C)C. The van der Waals surface area contributed by atoms with Crippen molar-refractivity contribution in [2.45, 2.75) is 38.9 Å². The number of hydrogen-bond donors (Lipinski definition) is 0. The second-order valence-corrected chi connectivity index (χ2v) is 9.88. The molecule has 0 bridgehead atoms. The molecule has 1 saturated heterocycles. The first-order valence-corrected chi connectivity index (χ1v) is 10.8. The van der Waals surface area contributed by atoms with Gasteiger partial charge >= 0.3 is 7.12 Å². The second-order valence-electron chi connectivity index (χ2n) is 8.83. The van der Waals surface area contributed by atoms with Gasteiger partial charge in [-0.3, -0.25) is 0 Å². The Morgan fingerprint density at radius 2 is 1.34 bits per heavy atom. The van der Waals surface area contributed by atoms with Gasteiger partial charge in [0.2, 0.25) is 0 Å². The van der Waals surface area contributed by atoms with Gasteiger partial charge < -0.3 is 13.7 Å². The Hall–Kier alpha value is -2.34. The fraction of sp³-hybridized carbons (Fsp3) is 0.250. The largest absolute Gasteiger partial charge is 0.498 e. The third kappa shape index (κ3) is 2.32. The summed E-state index contributed by atoms with van der Waals surface area (Å²) in [5.41, 5.74) is 1.98. The van der Waals surface area contributed by atoms with Crippen LogP contribution in [-0.2, 0) is 9.31 Å². The average Bonchev–Trinajstić information content (AvgIpc) is 3.30. The molecule has 29 heavy (non-hydrogen) atoms. The molecule has 3 heterocycles. The van der Waals surface area contributed by atoms with Crippen molar-refractivity contribution in [3.05, 3.63) is 54.6 Å². The standard InChI is InChI=1S/C24H21BO3S/c1-23(2)24(3,4)28-25(27-23)18-10-7-9-15-16-12-13-17-14-8-5-6-11-19(14)29-22(17)21(16)26-20(15)18/h5-13H,1-4H3. The van der Waals surface area contributed by atoms with Crippen molar-refractivity contribution in [1.29, 1.82) is 0 Å². The molecule has 0 amide bonds. The van der Waals surface area contributed by atoms with E-state index in [-0.39, 0.29) is 11.2 Å². The minimum Gasteiger partial charge on any atom is -0.455 e. The van der Waals surface area contributed by atoms with E-state index in [0.29, 0.717) is 0 Å². The van der Waals surface area contributed by atoms with Gasteiger partial charge in [0.05, 0.1) is 15.9 Å². The van der Waals surface area contributed by atoms with E-state index in [1.165, 1.54) is 20.2 Å². The molecule has 144 valence electrons. The molecule has 5 heteroatoms.